The topological polar surface area (TPSA) is 38.3 Å². The number of carbonyl (C=O) groups excluding carboxylic acids is 1. The molecule has 0 aromatic rings. The molecule has 140 valence electrons. The van der Waals surface area contributed by atoms with Crippen LogP contribution in [0.25, 0.3) is 0 Å². The molecule has 0 aliphatic heterocycles. The first kappa shape index (κ1) is 26.7. The molecule has 0 fully saturated rings. The first-order valence-corrected chi connectivity index (χ1v) is 10.2. The van der Waals surface area contributed by atoms with E-state index in [0.29, 0.717) is 0 Å². The fraction of sp³-hybridized carbons (Fsp3) is 0.950. The number of hydrogen-bond donors (Lipinski definition) is 1. The molecule has 0 aromatic heterocycles. The van der Waals surface area contributed by atoms with Gasteiger partial charge in [0.25, 0.3) is 0 Å². The van der Waals surface area contributed by atoms with Gasteiger partial charge >= 0.3 is 35.5 Å². The second-order valence-electron chi connectivity index (χ2n) is 6.79. The summed E-state index contributed by atoms with van der Waals surface area (Å²) in [6.07, 6.45) is 22.1. The van der Waals surface area contributed by atoms with Crippen molar-refractivity contribution in [1.29, 1.82) is 0 Å². The first-order valence-electron chi connectivity index (χ1n) is 10.2. The van der Waals surface area contributed by atoms with Crippen molar-refractivity contribution in [2.24, 2.45) is 0 Å². The van der Waals surface area contributed by atoms with Crippen molar-refractivity contribution in [3.05, 3.63) is 0 Å². The van der Waals surface area contributed by atoms with Gasteiger partial charge < -0.3 is 4.84 Å². The Morgan fingerprint density at radius 1 is 0.667 bits per heavy atom. The molecule has 0 saturated carbocycles. The number of rotatable bonds is 18. The maximum absolute atomic E-state index is 10.5. The molecular formula is C20H42NNaO2. The third-order valence-electron chi connectivity index (χ3n) is 4.35. The zero-order valence-corrected chi connectivity index (χ0v) is 15.8. The van der Waals surface area contributed by atoms with Crippen LogP contribution in [0, 0.1) is 0 Å². The second-order valence-corrected chi connectivity index (χ2v) is 6.79. The Labute approximate surface area is 173 Å². The Hall–Kier alpha value is 0.430. The Morgan fingerprint density at radius 2 is 1.00 bits per heavy atom. The van der Waals surface area contributed by atoms with E-state index in [1.54, 1.807) is 0 Å². The van der Waals surface area contributed by atoms with E-state index in [1.807, 2.05) is 0 Å². The summed E-state index contributed by atoms with van der Waals surface area (Å²) in [5, 5.41) is 0. The molecule has 0 unspecified atom stereocenters. The molecular weight excluding hydrogens is 309 g/mol. The standard InChI is InChI=1S/C20H41NO2.Na.H/c1-3-4-5-6-7-8-9-10-11-12-13-14-15-16-17-18-19-21-23-20(2)22;;/h21H,3-19H2,1-2H3;;. The summed E-state index contributed by atoms with van der Waals surface area (Å²) in [6, 6.07) is 0. The molecule has 0 aliphatic rings. The van der Waals surface area contributed by atoms with E-state index in [4.69, 9.17) is 0 Å². The summed E-state index contributed by atoms with van der Waals surface area (Å²) in [6.45, 7) is 4.47. The van der Waals surface area contributed by atoms with Crippen LogP contribution in [0.2, 0.25) is 0 Å². The van der Waals surface area contributed by atoms with Crippen molar-refractivity contribution < 1.29 is 9.63 Å². The van der Waals surface area contributed by atoms with Crippen molar-refractivity contribution in [1.82, 2.24) is 5.48 Å². The van der Waals surface area contributed by atoms with E-state index in [0.717, 1.165) is 13.0 Å². The third kappa shape index (κ3) is 24.7. The Bertz CT molecular complexity index is 250. The van der Waals surface area contributed by atoms with Gasteiger partial charge in [-0.2, -0.15) is 5.48 Å². The van der Waals surface area contributed by atoms with Gasteiger partial charge in [0.1, 0.15) is 0 Å². The van der Waals surface area contributed by atoms with Crippen LogP contribution in [-0.2, 0) is 9.63 Å². The van der Waals surface area contributed by atoms with Gasteiger partial charge in [0, 0.05) is 13.5 Å². The molecule has 0 aromatic carbocycles. The maximum atomic E-state index is 10.5. The fourth-order valence-corrected chi connectivity index (χ4v) is 2.90. The van der Waals surface area contributed by atoms with Crippen molar-refractivity contribution in [3.63, 3.8) is 0 Å². The summed E-state index contributed by atoms with van der Waals surface area (Å²) < 4.78 is 0. The molecule has 0 rings (SSSR count). The number of unbranched alkanes of at least 4 members (excludes halogenated alkanes) is 15. The summed E-state index contributed by atoms with van der Waals surface area (Å²) in [7, 11) is 0. The van der Waals surface area contributed by atoms with E-state index in [2.05, 4.69) is 17.2 Å². The van der Waals surface area contributed by atoms with Crippen LogP contribution in [0.5, 0.6) is 0 Å². The number of hydrogen-bond acceptors (Lipinski definition) is 3. The van der Waals surface area contributed by atoms with Crippen LogP contribution < -0.4 is 5.48 Å². The van der Waals surface area contributed by atoms with E-state index >= 15 is 0 Å². The quantitative estimate of drug-likeness (QED) is 0.196. The average molecular weight is 352 g/mol. The van der Waals surface area contributed by atoms with Gasteiger partial charge in [0.15, 0.2) is 0 Å². The van der Waals surface area contributed by atoms with Crippen LogP contribution in [0.15, 0.2) is 0 Å². The van der Waals surface area contributed by atoms with Crippen LogP contribution in [-0.4, -0.2) is 42.1 Å². The Morgan fingerprint density at radius 3 is 1.33 bits per heavy atom. The van der Waals surface area contributed by atoms with Crippen LogP contribution in [0.1, 0.15) is 117 Å². The SMILES string of the molecule is CCCCCCCCCCCCCCCCCCNOC(C)=O.[NaH]. The van der Waals surface area contributed by atoms with Crippen molar-refractivity contribution in [2.45, 2.75) is 117 Å². The van der Waals surface area contributed by atoms with Crippen LogP contribution >= 0.6 is 0 Å². The molecule has 0 spiro atoms. The van der Waals surface area contributed by atoms with Crippen LogP contribution in [0.3, 0.4) is 0 Å². The molecule has 0 atom stereocenters. The van der Waals surface area contributed by atoms with Gasteiger partial charge in [0.2, 0.25) is 0 Å². The van der Waals surface area contributed by atoms with E-state index in [9.17, 15) is 4.79 Å². The summed E-state index contributed by atoms with van der Waals surface area (Å²) in [5.41, 5.74) is 2.68. The summed E-state index contributed by atoms with van der Waals surface area (Å²) in [4.78, 5) is 15.2. The molecule has 0 saturated heterocycles. The molecule has 0 amide bonds. The molecule has 4 heteroatoms. The zero-order valence-electron chi connectivity index (χ0n) is 15.8. The summed E-state index contributed by atoms with van der Waals surface area (Å²) in [5.74, 6) is -0.263. The zero-order chi connectivity index (χ0) is 17.0. The number of hydroxylamine groups is 1. The Kier molecular flexibility index (Phi) is 26.0. The number of carbonyl (C=O) groups is 1. The van der Waals surface area contributed by atoms with Gasteiger partial charge in [-0.25, -0.2) is 0 Å². The monoisotopic (exact) mass is 351 g/mol. The molecule has 24 heavy (non-hydrogen) atoms. The molecule has 3 nitrogen and oxygen atoms in total. The average Bonchev–Trinajstić information content (AvgIpc) is 2.53. The first-order chi connectivity index (χ1) is 11.3. The minimum atomic E-state index is -0.263. The van der Waals surface area contributed by atoms with E-state index in [1.165, 1.54) is 103 Å². The normalized spacial score (nSPS) is 10.4. The summed E-state index contributed by atoms with van der Waals surface area (Å²) >= 11 is 0. The predicted octanol–water partition coefficient (Wildman–Crippen LogP) is 5.67. The van der Waals surface area contributed by atoms with Gasteiger partial charge in [0.05, 0.1) is 0 Å². The fourth-order valence-electron chi connectivity index (χ4n) is 2.90. The third-order valence-corrected chi connectivity index (χ3v) is 4.35. The minimum absolute atomic E-state index is 0. The molecule has 1 N–H and O–H groups in total. The van der Waals surface area contributed by atoms with Gasteiger partial charge in [-0.1, -0.05) is 103 Å². The second kappa shape index (κ2) is 23.4. The van der Waals surface area contributed by atoms with Crippen molar-refractivity contribution >= 4 is 35.5 Å². The van der Waals surface area contributed by atoms with Crippen LogP contribution in [0.4, 0.5) is 0 Å². The van der Waals surface area contributed by atoms with Gasteiger partial charge in [-0.3, -0.25) is 4.79 Å². The molecule has 0 bridgehead atoms. The molecule has 0 radical (unpaired) electrons. The Balaban J connectivity index is 0. The number of nitrogens with one attached hydrogen (secondary N) is 1. The van der Waals surface area contributed by atoms with Gasteiger partial charge in [-0.05, 0) is 6.42 Å². The molecule has 0 aliphatic carbocycles. The predicted molar refractivity (Wildman–Crippen MR) is 106 cm³/mol. The van der Waals surface area contributed by atoms with Gasteiger partial charge in [-0.15, -0.1) is 0 Å². The van der Waals surface area contributed by atoms with E-state index < -0.39 is 0 Å². The van der Waals surface area contributed by atoms with Crippen molar-refractivity contribution in [3.8, 4) is 0 Å². The van der Waals surface area contributed by atoms with Crippen molar-refractivity contribution in [2.75, 3.05) is 6.54 Å². The van der Waals surface area contributed by atoms with E-state index in [-0.39, 0.29) is 35.5 Å². The molecule has 0 heterocycles.